The number of ether oxygens (including phenoxy) is 1. The molecule has 0 aliphatic rings. The fraction of sp³-hybridized carbons (Fsp3) is 0.200. The predicted octanol–water partition coefficient (Wildman–Crippen LogP) is 5.69. The zero-order valence-corrected chi connectivity index (χ0v) is 16.2. The Morgan fingerprint density at radius 2 is 1.36 bits per heavy atom. The summed E-state index contributed by atoms with van der Waals surface area (Å²) in [5.41, 5.74) is 3.11. The highest BCUT2D eigenvalue weighted by molar-refractivity contribution is 6.09. The molecule has 0 saturated heterocycles. The maximum Gasteiger partial charge on any atom is 0.200 e. The predicted molar refractivity (Wildman–Crippen MR) is 111 cm³/mol. The summed E-state index contributed by atoms with van der Waals surface area (Å²) in [6.45, 7) is 4.29. The third kappa shape index (κ3) is 4.74. The van der Waals surface area contributed by atoms with Gasteiger partial charge in [-0.05, 0) is 42.2 Å². The van der Waals surface area contributed by atoms with Gasteiger partial charge in [-0.3, -0.25) is 9.59 Å². The number of rotatable bonds is 8. The molecule has 0 spiro atoms. The first kappa shape index (κ1) is 19.6. The van der Waals surface area contributed by atoms with Crippen LogP contribution in [0.2, 0.25) is 0 Å². The highest BCUT2D eigenvalue weighted by atomic mass is 16.5. The molecule has 3 aromatic rings. The quantitative estimate of drug-likeness (QED) is 0.477. The van der Waals surface area contributed by atoms with Gasteiger partial charge in [-0.25, -0.2) is 0 Å². The molecular weight excluding hydrogens is 348 g/mol. The van der Waals surface area contributed by atoms with Crippen molar-refractivity contribution in [3.8, 4) is 5.75 Å². The van der Waals surface area contributed by atoms with Gasteiger partial charge in [-0.2, -0.15) is 0 Å². The summed E-state index contributed by atoms with van der Waals surface area (Å²) in [6.07, 6.45) is 1.07. The van der Waals surface area contributed by atoms with Crippen LogP contribution in [0, 0.1) is 0 Å². The summed E-state index contributed by atoms with van der Waals surface area (Å²) in [6, 6.07) is 23.7. The van der Waals surface area contributed by atoms with E-state index in [4.69, 9.17) is 4.74 Å². The van der Waals surface area contributed by atoms with Gasteiger partial charge in [0.2, 0.25) is 0 Å². The van der Waals surface area contributed by atoms with Gasteiger partial charge in [0, 0.05) is 16.7 Å². The van der Waals surface area contributed by atoms with Gasteiger partial charge in [0.15, 0.2) is 18.2 Å². The maximum atomic E-state index is 12.4. The van der Waals surface area contributed by atoms with Crippen LogP contribution >= 0.6 is 0 Å². The molecule has 3 rings (SSSR count). The van der Waals surface area contributed by atoms with E-state index in [1.165, 1.54) is 5.56 Å². The van der Waals surface area contributed by atoms with Crippen molar-refractivity contribution in [1.82, 2.24) is 0 Å². The fourth-order valence-electron chi connectivity index (χ4n) is 2.92. The maximum absolute atomic E-state index is 12.4. The smallest absolute Gasteiger partial charge is 0.200 e. The van der Waals surface area contributed by atoms with E-state index in [-0.39, 0.29) is 18.2 Å². The molecule has 0 radical (unpaired) electrons. The second-order valence-corrected chi connectivity index (χ2v) is 6.86. The Hall–Kier alpha value is -3.20. The monoisotopic (exact) mass is 372 g/mol. The van der Waals surface area contributed by atoms with Crippen LogP contribution in [0.1, 0.15) is 58.0 Å². The van der Waals surface area contributed by atoms with Crippen LogP contribution < -0.4 is 4.74 Å². The minimum Gasteiger partial charge on any atom is -0.485 e. The lowest BCUT2D eigenvalue weighted by Crippen LogP contribution is -2.12. The van der Waals surface area contributed by atoms with Gasteiger partial charge in [-0.1, -0.05) is 68.4 Å². The molecule has 0 bridgehead atoms. The lowest BCUT2D eigenvalue weighted by molar-refractivity contribution is 0.0920. The van der Waals surface area contributed by atoms with E-state index in [0.717, 1.165) is 6.42 Å². The van der Waals surface area contributed by atoms with Gasteiger partial charge in [-0.15, -0.1) is 0 Å². The van der Waals surface area contributed by atoms with Gasteiger partial charge in [0.05, 0.1) is 0 Å². The average Bonchev–Trinajstić information content (AvgIpc) is 2.77. The van der Waals surface area contributed by atoms with E-state index in [0.29, 0.717) is 28.4 Å². The molecule has 28 heavy (non-hydrogen) atoms. The second-order valence-electron chi connectivity index (χ2n) is 6.86. The topological polar surface area (TPSA) is 43.4 Å². The Morgan fingerprint density at radius 1 is 0.786 bits per heavy atom. The van der Waals surface area contributed by atoms with Crippen LogP contribution in [0.25, 0.3) is 0 Å². The van der Waals surface area contributed by atoms with E-state index in [2.05, 4.69) is 13.8 Å². The van der Waals surface area contributed by atoms with Crippen molar-refractivity contribution in [2.24, 2.45) is 0 Å². The van der Waals surface area contributed by atoms with Crippen LogP contribution in [0.3, 0.4) is 0 Å². The molecule has 0 amide bonds. The Morgan fingerprint density at radius 3 is 1.96 bits per heavy atom. The van der Waals surface area contributed by atoms with Crippen molar-refractivity contribution in [2.45, 2.75) is 26.2 Å². The van der Waals surface area contributed by atoms with Gasteiger partial charge in [0.1, 0.15) is 5.75 Å². The number of ketones is 2. The highest BCUT2D eigenvalue weighted by Crippen LogP contribution is 2.19. The van der Waals surface area contributed by atoms with E-state index < -0.39 is 0 Å². The molecule has 3 nitrogen and oxygen atoms in total. The number of hydrogen-bond acceptors (Lipinski definition) is 3. The molecule has 0 N–H and O–H groups in total. The normalized spacial score (nSPS) is 11.6. The second kappa shape index (κ2) is 9.14. The van der Waals surface area contributed by atoms with Crippen LogP contribution in [-0.4, -0.2) is 18.2 Å². The molecule has 0 heterocycles. The number of Topliss-reactive ketones (excluding diaryl/α,β-unsaturated/α-hetero) is 1. The third-order valence-electron chi connectivity index (χ3n) is 4.94. The Balaban J connectivity index is 1.59. The standard InChI is InChI=1S/C25H24O3/c1-3-18(2)19-9-11-20(12-10-19)24(26)17-28-23-15-13-22(14-16-23)25(27)21-7-5-4-6-8-21/h4-16,18H,3,17H2,1-2H3/t18-/m0/s1. The Labute approximate surface area is 166 Å². The minimum absolute atomic E-state index is 0.0331. The number of hydrogen-bond donors (Lipinski definition) is 0. The SMILES string of the molecule is CC[C@H](C)c1ccc(C(=O)COc2ccc(C(=O)c3ccccc3)cc2)cc1. The van der Waals surface area contributed by atoms with E-state index in [1.807, 2.05) is 42.5 Å². The molecule has 0 fully saturated rings. The van der Waals surface area contributed by atoms with Crippen molar-refractivity contribution in [3.63, 3.8) is 0 Å². The molecule has 0 unspecified atom stereocenters. The fourth-order valence-corrected chi connectivity index (χ4v) is 2.92. The number of benzene rings is 3. The lowest BCUT2D eigenvalue weighted by atomic mass is 9.97. The van der Waals surface area contributed by atoms with Crippen molar-refractivity contribution in [1.29, 1.82) is 0 Å². The van der Waals surface area contributed by atoms with Gasteiger partial charge < -0.3 is 4.74 Å². The highest BCUT2D eigenvalue weighted by Gasteiger charge is 2.11. The molecule has 0 saturated carbocycles. The Bertz CT molecular complexity index is 926. The minimum atomic E-state index is -0.0693. The van der Waals surface area contributed by atoms with Crippen molar-refractivity contribution in [3.05, 3.63) is 101 Å². The summed E-state index contributed by atoms with van der Waals surface area (Å²) in [7, 11) is 0. The summed E-state index contributed by atoms with van der Waals surface area (Å²) in [5, 5.41) is 0. The van der Waals surface area contributed by atoms with Crippen molar-refractivity contribution < 1.29 is 14.3 Å². The molecule has 142 valence electrons. The first-order valence-electron chi connectivity index (χ1n) is 9.54. The summed E-state index contributed by atoms with van der Waals surface area (Å²) >= 11 is 0. The van der Waals surface area contributed by atoms with Crippen molar-refractivity contribution in [2.75, 3.05) is 6.61 Å². The largest absolute Gasteiger partial charge is 0.485 e. The molecule has 0 aliphatic heterocycles. The zero-order valence-electron chi connectivity index (χ0n) is 16.2. The van der Waals surface area contributed by atoms with Crippen LogP contribution in [-0.2, 0) is 0 Å². The van der Waals surface area contributed by atoms with Gasteiger partial charge >= 0.3 is 0 Å². The lowest BCUT2D eigenvalue weighted by Gasteiger charge is -2.10. The van der Waals surface area contributed by atoms with E-state index in [1.54, 1.807) is 36.4 Å². The molecule has 0 aromatic heterocycles. The summed E-state index contributed by atoms with van der Waals surface area (Å²) in [5.74, 6) is 0.941. The van der Waals surface area contributed by atoms with E-state index >= 15 is 0 Å². The number of carbonyl (C=O) groups excluding carboxylic acids is 2. The summed E-state index contributed by atoms with van der Waals surface area (Å²) in [4.78, 5) is 24.8. The number of carbonyl (C=O) groups is 2. The summed E-state index contributed by atoms with van der Waals surface area (Å²) < 4.78 is 5.60. The first-order chi connectivity index (χ1) is 13.6. The first-order valence-corrected chi connectivity index (χ1v) is 9.54. The average molecular weight is 372 g/mol. The molecule has 0 aliphatic carbocycles. The molecule has 3 heteroatoms. The van der Waals surface area contributed by atoms with Crippen LogP contribution in [0.4, 0.5) is 0 Å². The third-order valence-corrected chi connectivity index (χ3v) is 4.94. The van der Waals surface area contributed by atoms with Crippen molar-refractivity contribution >= 4 is 11.6 Å². The molecule has 1 atom stereocenters. The van der Waals surface area contributed by atoms with Gasteiger partial charge in [0.25, 0.3) is 0 Å². The molecule has 3 aromatic carbocycles. The van der Waals surface area contributed by atoms with Crippen LogP contribution in [0.15, 0.2) is 78.9 Å². The zero-order chi connectivity index (χ0) is 19.9. The Kier molecular flexibility index (Phi) is 6.38. The van der Waals surface area contributed by atoms with E-state index in [9.17, 15) is 9.59 Å². The van der Waals surface area contributed by atoms with Crippen LogP contribution in [0.5, 0.6) is 5.75 Å². The molecular formula is C25H24O3.